The maximum absolute atomic E-state index is 5.66. The molecule has 0 unspecified atom stereocenters. The Hall–Kier alpha value is -0.870. The Morgan fingerprint density at radius 3 is 2.81 bits per heavy atom. The number of nitrogens with two attached hydrogens (primary N) is 1. The van der Waals surface area contributed by atoms with Crippen LogP contribution in [0.3, 0.4) is 0 Å². The van der Waals surface area contributed by atoms with Gasteiger partial charge in [0.25, 0.3) is 0 Å². The van der Waals surface area contributed by atoms with Gasteiger partial charge in [-0.05, 0) is 19.8 Å². The molecule has 0 radical (unpaired) electrons. The highest BCUT2D eigenvalue weighted by atomic mass is 15.2. The Morgan fingerprint density at radius 2 is 2.31 bits per heavy atom. The maximum atomic E-state index is 5.66. The van der Waals surface area contributed by atoms with Gasteiger partial charge in [-0.25, -0.2) is 4.98 Å². The molecule has 1 saturated carbocycles. The summed E-state index contributed by atoms with van der Waals surface area (Å²) in [5, 5.41) is 0. The van der Waals surface area contributed by atoms with Crippen molar-refractivity contribution in [2.24, 2.45) is 5.73 Å². The Bertz CT molecular complexity index is 317. The average molecular weight is 222 g/mol. The Balaban J connectivity index is 1.83. The quantitative estimate of drug-likeness (QED) is 0.781. The molecule has 90 valence electrons. The molecule has 0 saturated heterocycles. The fourth-order valence-corrected chi connectivity index (χ4v) is 2.27. The van der Waals surface area contributed by atoms with Gasteiger partial charge in [-0.2, -0.15) is 0 Å². The molecule has 1 fully saturated rings. The molecular formula is C12H22N4. The number of aromatic nitrogens is 2. The van der Waals surface area contributed by atoms with E-state index in [1.165, 1.54) is 19.3 Å². The second kappa shape index (κ2) is 5.46. The molecule has 2 rings (SSSR count). The summed E-state index contributed by atoms with van der Waals surface area (Å²) in [6.07, 6.45) is 8.00. The summed E-state index contributed by atoms with van der Waals surface area (Å²) < 4.78 is 2.21. The third-order valence-corrected chi connectivity index (χ3v) is 3.56. The van der Waals surface area contributed by atoms with Crippen molar-refractivity contribution in [3.05, 3.63) is 18.2 Å². The third kappa shape index (κ3) is 2.62. The number of hydrogen-bond donors (Lipinski definition) is 1. The van der Waals surface area contributed by atoms with E-state index in [0.29, 0.717) is 0 Å². The highest BCUT2D eigenvalue weighted by molar-refractivity contribution is 4.89. The molecule has 0 aromatic carbocycles. The van der Waals surface area contributed by atoms with Crippen LogP contribution in [0, 0.1) is 6.92 Å². The van der Waals surface area contributed by atoms with Gasteiger partial charge in [0.15, 0.2) is 0 Å². The third-order valence-electron chi connectivity index (χ3n) is 3.56. The minimum absolute atomic E-state index is 0.763. The normalized spacial score (nSPS) is 16.7. The van der Waals surface area contributed by atoms with Crippen LogP contribution in [0.2, 0.25) is 0 Å². The van der Waals surface area contributed by atoms with Gasteiger partial charge in [0.2, 0.25) is 0 Å². The SMILES string of the molecule is Cc1nccn1CCN(CCN)C1CCC1. The lowest BCUT2D eigenvalue weighted by atomic mass is 9.91. The molecule has 1 aromatic heterocycles. The fourth-order valence-electron chi connectivity index (χ4n) is 2.27. The smallest absolute Gasteiger partial charge is 0.105 e. The van der Waals surface area contributed by atoms with E-state index in [-0.39, 0.29) is 0 Å². The van der Waals surface area contributed by atoms with E-state index >= 15 is 0 Å². The van der Waals surface area contributed by atoms with Crippen molar-refractivity contribution < 1.29 is 0 Å². The van der Waals surface area contributed by atoms with Crippen LogP contribution >= 0.6 is 0 Å². The second-order valence-corrected chi connectivity index (χ2v) is 4.58. The van der Waals surface area contributed by atoms with Crippen molar-refractivity contribution in [3.8, 4) is 0 Å². The molecule has 1 heterocycles. The molecule has 0 atom stereocenters. The molecule has 0 bridgehead atoms. The van der Waals surface area contributed by atoms with Gasteiger partial charge in [0, 0.05) is 44.6 Å². The average Bonchev–Trinajstić information content (AvgIpc) is 2.58. The molecule has 4 heteroatoms. The van der Waals surface area contributed by atoms with Crippen molar-refractivity contribution in [1.29, 1.82) is 0 Å². The Morgan fingerprint density at radius 1 is 1.50 bits per heavy atom. The van der Waals surface area contributed by atoms with Gasteiger partial charge in [-0.15, -0.1) is 0 Å². The van der Waals surface area contributed by atoms with Crippen LogP contribution in [0.15, 0.2) is 12.4 Å². The van der Waals surface area contributed by atoms with Gasteiger partial charge in [-0.1, -0.05) is 6.42 Å². The predicted molar refractivity (Wildman–Crippen MR) is 65.2 cm³/mol. The zero-order valence-electron chi connectivity index (χ0n) is 10.1. The van der Waals surface area contributed by atoms with Crippen LogP contribution < -0.4 is 5.73 Å². The minimum atomic E-state index is 0.763. The van der Waals surface area contributed by atoms with Crippen molar-refractivity contribution in [2.75, 3.05) is 19.6 Å². The highest BCUT2D eigenvalue weighted by Crippen LogP contribution is 2.24. The zero-order valence-corrected chi connectivity index (χ0v) is 10.1. The minimum Gasteiger partial charge on any atom is -0.334 e. The Kier molecular flexibility index (Phi) is 3.96. The summed E-state index contributed by atoms with van der Waals surface area (Å²) >= 11 is 0. The summed E-state index contributed by atoms with van der Waals surface area (Å²) in [6, 6.07) is 0.785. The molecule has 0 aliphatic heterocycles. The molecule has 1 aromatic rings. The second-order valence-electron chi connectivity index (χ2n) is 4.58. The lowest BCUT2D eigenvalue weighted by Crippen LogP contribution is -2.44. The summed E-state index contributed by atoms with van der Waals surface area (Å²) in [5.74, 6) is 1.10. The molecule has 1 aliphatic rings. The van der Waals surface area contributed by atoms with E-state index in [2.05, 4.69) is 27.6 Å². The molecular weight excluding hydrogens is 200 g/mol. The number of hydrogen-bond acceptors (Lipinski definition) is 3. The van der Waals surface area contributed by atoms with Crippen LogP contribution in [0.4, 0.5) is 0 Å². The van der Waals surface area contributed by atoms with Crippen LogP contribution in [0.5, 0.6) is 0 Å². The highest BCUT2D eigenvalue weighted by Gasteiger charge is 2.23. The van der Waals surface area contributed by atoms with Gasteiger partial charge in [-0.3, -0.25) is 4.90 Å². The topological polar surface area (TPSA) is 47.1 Å². The number of nitrogens with zero attached hydrogens (tertiary/aromatic N) is 3. The maximum Gasteiger partial charge on any atom is 0.105 e. The number of imidazole rings is 1. The largest absolute Gasteiger partial charge is 0.334 e. The monoisotopic (exact) mass is 222 g/mol. The zero-order chi connectivity index (χ0) is 11.4. The van der Waals surface area contributed by atoms with Crippen molar-refractivity contribution in [2.45, 2.75) is 38.8 Å². The lowest BCUT2D eigenvalue weighted by Gasteiger charge is -2.37. The molecule has 2 N–H and O–H groups in total. The first kappa shape index (κ1) is 11.6. The first-order valence-corrected chi connectivity index (χ1v) is 6.23. The number of aryl methyl sites for hydroxylation is 1. The van der Waals surface area contributed by atoms with Gasteiger partial charge in [0.05, 0.1) is 0 Å². The van der Waals surface area contributed by atoms with Gasteiger partial charge >= 0.3 is 0 Å². The number of rotatable bonds is 6. The molecule has 16 heavy (non-hydrogen) atoms. The van der Waals surface area contributed by atoms with E-state index in [1.807, 2.05) is 6.20 Å². The van der Waals surface area contributed by atoms with Gasteiger partial charge in [0.1, 0.15) is 5.82 Å². The van der Waals surface area contributed by atoms with E-state index in [4.69, 9.17) is 5.73 Å². The van der Waals surface area contributed by atoms with E-state index in [9.17, 15) is 0 Å². The molecule has 1 aliphatic carbocycles. The van der Waals surface area contributed by atoms with E-state index in [1.54, 1.807) is 0 Å². The molecule has 4 nitrogen and oxygen atoms in total. The fraction of sp³-hybridized carbons (Fsp3) is 0.750. The molecule has 0 spiro atoms. The summed E-state index contributed by atoms with van der Waals surface area (Å²) in [5.41, 5.74) is 5.66. The first-order chi connectivity index (χ1) is 7.81. The predicted octanol–water partition coefficient (Wildman–Crippen LogP) is 1.00. The molecule has 0 amide bonds. The van der Waals surface area contributed by atoms with Crippen LogP contribution in [-0.2, 0) is 6.54 Å². The van der Waals surface area contributed by atoms with E-state index < -0.39 is 0 Å². The van der Waals surface area contributed by atoms with Crippen molar-refractivity contribution in [3.63, 3.8) is 0 Å². The first-order valence-electron chi connectivity index (χ1n) is 6.23. The van der Waals surface area contributed by atoms with Gasteiger partial charge < -0.3 is 10.3 Å². The summed E-state index contributed by atoms with van der Waals surface area (Å²) in [6.45, 7) is 5.97. The van der Waals surface area contributed by atoms with E-state index in [0.717, 1.165) is 38.0 Å². The Labute approximate surface area is 97.4 Å². The van der Waals surface area contributed by atoms with Crippen LogP contribution in [0.25, 0.3) is 0 Å². The summed E-state index contributed by atoms with van der Waals surface area (Å²) in [4.78, 5) is 6.77. The standard InChI is InChI=1S/C12H22N4/c1-11-14-6-8-15(11)9-10-16(7-5-13)12-3-2-4-12/h6,8,12H,2-5,7,9-10,13H2,1H3. The van der Waals surface area contributed by atoms with Crippen LogP contribution in [0.1, 0.15) is 25.1 Å². The lowest BCUT2D eigenvalue weighted by molar-refractivity contribution is 0.126. The van der Waals surface area contributed by atoms with Crippen molar-refractivity contribution >= 4 is 0 Å². The van der Waals surface area contributed by atoms with Crippen molar-refractivity contribution in [1.82, 2.24) is 14.5 Å². The van der Waals surface area contributed by atoms with Crippen LogP contribution in [-0.4, -0.2) is 40.1 Å². The summed E-state index contributed by atoms with van der Waals surface area (Å²) in [7, 11) is 0.